The third kappa shape index (κ3) is 3.98. The van der Waals surface area contributed by atoms with Crippen LogP contribution < -0.4 is 5.32 Å². The zero-order valence-electron chi connectivity index (χ0n) is 9.63. The second kappa shape index (κ2) is 6.56. The predicted molar refractivity (Wildman–Crippen MR) is 66.8 cm³/mol. The summed E-state index contributed by atoms with van der Waals surface area (Å²) in [7, 11) is 0. The maximum Gasteiger partial charge on any atom is 0.223 e. The molecule has 0 spiro atoms. The Kier molecular flexibility index (Phi) is 4.75. The highest BCUT2D eigenvalue weighted by atomic mass is 32.2. The molecule has 0 aliphatic carbocycles. The smallest absolute Gasteiger partial charge is 0.223 e. The molecule has 1 amide bonds. The van der Waals surface area contributed by atoms with Gasteiger partial charge >= 0.3 is 0 Å². The van der Waals surface area contributed by atoms with Crippen LogP contribution in [0.2, 0.25) is 0 Å². The van der Waals surface area contributed by atoms with Gasteiger partial charge in [0.2, 0.25) is 5.91 Å². The second-order valence-electron chi connectivity index (χ2n) is 3.76. The Hall–Kier alpha value is -1.14. The molecular weight excluding hydrogens is 236 g/mol. The summed E-state index contributed by atoms with van der Waals surface area (Å²) in [6.07, 6.45) is 3.99. The standard InChI is InChI=1S/C11H16N4OS/c16-10(15-7-5-12-6-8-15)2-9-17-11-13-3-1-4-14-11/h1,3-4,12H,2,5-9H2. The van der Waals surface area contributed by atoms with Crippen molar-refractivity contribution in [1.82, 2.24) is 20.2 Å². The van der Waals surface area contributed by atoms with E-state index in [-0.39, 0.29) is 5.91 Å². The number of nitrogens with one attached hydrogen (secondary N) is 1. The monoisotopic (exact) mass is 252 g/mol. The minimum absolute atomic E-state index is 0.231. The first-order valence-electron chi connectivity index (χ1n) is 5.74. The number of nitrogens with zero attached hydrogens (tertiary/aromatic N) is 3. The molecule has 1 aromatic rings. The summed E-state index contributed by atoms with van der Waals surface area (Å²) in [6, 6.07) is 1.79. The lowest BCUT2D eigenvalue weighted by atomic mass is 10.3. The number of carbonyl (C=O) groups excluding carboxylic acids is 1. The van der Waals surface area contributed by atoms with Crippen molar-refractivity contribution in [3.05, 3.63) is 18.5 Å². The van der Waals surface area contributed by atoms with E-state index in [4.69, 9.17) is 0 Å². The Labute approximate surface area is 105 Å². The van der Waals surface area contributed by atoms with Crippen molar-refractivity contribution in [2.24, 2.45) is 0 Å². The zero-order valence-corrected chi connectivity index (χ0v) is 10.4. The lowest BCUT2D eigenvalue weighted by Gasteiger charge is -2.27. The fourth-order valence-corrected chi connectivity index (χ4v) is 2.39. The fourth-order valence-electron chi connectivity index (χ4n) is 1.66. The Morgan fingerprint density at radius 2 is 2.06 bits per heavy atom. The van der Waals surface area contributed by atoms with E-state index in [0.29, 0.717) is 6.42 Å². The van der Waals surface area contributed by atoms with Crippen molar-refractivity contribution in [2.75, 3.05) is 31.9 Å². The van der Waals surface area contributed by atoms with Gasteiger partial charge in [-0.05, 0) is 6.07 Å². The van der Waals surface area contributed by atoms with E-state index in [0.717, 1.165) is 37.1 Å². The van der Waals surface area contributed by atoms with Crippen LogP contribution in [-0.2, 0) is 4.79 Å². The van der Waals surface area contributed by atoms with Crippen LogP contribution in [0, 0.1) is 0 Å². The molecule has 1 N–H and O–H groups in total. The van der Waals surface area contributed by atoms with Gasteiger partial charge in [0, 0.05) is 50.7 Å². The van der Waals surface area contributed by atoms with Crippen LogP contribution in [0.1, 0.15) is 6.42 Å². The molecule has 5 nitrogen and oxygen atoms in total. The van der Waals surface area contributed by atoms with Crippen molar-refractivity contribution in [1.29, 1.82) is 0 Å². The molecule has 0 saturated carbocycles. The largest absolute Gasteiger partial charge is 0.340 e. The molecule has 2 heterocycles. The Morgan fingerprint density at radius 3 is 2.76 bits per heavy atom. The average Bonchev–Trinajstić information content (AvgIpc) is 2.41. The van der Waals surface area contributed by atoms with Crippen molar-refractivity contribution < 1.29 is 4.79 Å². The quantitative estimate of drug-likeness (QED) is 0.620. The molecule has 1 aromatic heterocycles. The van der Waals surface area contributed by atoms with Gasteiger partial charge in [-0.25, -0.2) is 9.97 Å². The Bertz CT molecular complexity index is 354. The number of hydrogen-bond acceptors (Lipinski definition) is 5. The van der Waals surface area contributed by atoms with Crippen molar-refractivity contribution in [2.45, 2.75) is 11.6 Å². The van der Waals surface area contributed by atoms with Crippen molar-refractivity contribution in [3.8, 4) is 0 Å². The summed E-state index contributed by atoms with van der Waals surface area (Å²) in [5.41, 5.74) is 0. The van der Waals surface area contributed by atoms with Gasteiger partial charge in [-0.15, -0.1) is 0 Å². The number of amides is 1. The molecule has 17 heavy (non-hydrogen) atoms. The van der Waals surface area contributed by atoms with Gasteiger partial charge in [-0.2, -0.15) is 0 Å². The third-order valence-corrected chi connectivity index (χ3v) is 3.44. The fraction of sp³-hybridized carbons (Fsp3) is 0.545. The molecule has 1 saturated heterocycles. The number of piperazine rings is 1. The van der Waals surface area contributed by atoms with Gasteiger partial charge in [-0.3, -0.25) is 4.79 Å². The summed E-state index contributed by atoms with van der Waals surface area (Å²) in [6.45, 7) is 3.46. The summed E-state index contributed by atoms with van der Waals surface area (Å²) >= 11 is 1.53. The number of thioether (sulfide) groups is 1. The van der Waals surface area contributed by atoms with E-state index in [1.807, 2.05) is 4.90 Å². The molecule has 0 radical (unpaired) electrons. The van der Waals surface area contributed by atoms with Gasteiger partial charge in [0.05, 0.1) is 0 Å². The van der Waals surface area contributed by atoms with Crippen LogP contribution in [0.3, 0.4) is 0 Å². The topological polar surface area (TPSA) is 58.1 Å². The van der Waals surface area contributed by atoms with Gasteiger partial charge in [0.25, 0.3) is 0 Å². The summed E-state index contributed by atoms with van der Waals surface area (Å²) in [4.78, 5) is 22.0. The highest BCUT2D eigenvalue weighted by Gasteiger charge is 2.15. The van der Waals surface area contributed by atoms with Crippen LogP contribution in [0.25, 0.3) is 0 Å². The second-order valence-corrected chi connectivity index (χ2v) is 4.82. The Balaban J connectivity index is 1.69. The number of aromatic nitrogens is 2. The van der Waals surface area contributed by atoms with E-state index in [2.05, 4.69) is 15.3 Å². The summed E-state index contributed by atoms with van der Waals surface area (Å²) < 4.78 is 0. The molecule has 1 fully saturated rings. The van der Waals surface area contributed by atoms with E-state index < -0.39 is 0 Å². The maximum atomic E-state index is 11.8. The van der Waals surface area contributed by atoms with Gasteiger partial charge < -0.3 is 10.2 Å². The van der Waals surface area contributed by atoms with Crippen molar-refractivity contribution >= 4 is 17.7 Å². The lowest BCUT2D eigenvalue weighted by molar-refractivity contribution is -0.131. The van der Waals surface area contributed by atoms with E-state index in [9.17, 15) is 4.79 Å². The molecule has 0 unspecified atom stereocenters. The van der Waals surface area contributed by atoms with Crippen molar-refractivity contribution in [3.63, 3.8) is 0 Å². The van der Waals surface area contributed by atoms with Gasteiger partial charge in [0.1, 0.15) is 0 Å². The molecule has 0 aromatic carbocycles. The summed E-state index contributed by atoms with van der Waals surface area (Å²) in [5.74, 6) is 0.974. The molecule has 0 bridgehead atoms. The third-order valence-electron chi connectivity index (χ3n) is 2.56. The molecule has 1 aliphatic rings. The first kappa shape index (κ1) is 12.3. The van der Waals surface area contributed by atoms with Crippen LogP contribution >= 0.6 is 11.8 Å². The van der Waals surface area contributed by atoms with Crippen LogP contribution in [0.15, 0.2) is 23.6 Å². The SMILES string of the molecule is O=C(CCSc1ncccn1)N1CCNCC1. The van der Waals surface area contributed by atoms with E-state index >= 15 is 0 Å². The Morgan fingerprint density at radius 1 is 1.35 bits per heavy atom. The molecule has 2 rings (SSSR count). The first-order valence-corrected chi connectivity index (χ1v) is 6.73. The maximum absolute atomic E-state index is 11.8. The molecular formula is C11H16N4OS. The van der Waals surface area contributed by atoms with Gasteiger partial charge in [-0.1, -0.05) is 11.8 Å². The molecule has 0 atom stereocenters. The highest BCUT2D eigenvalue weighted by molar-refractivity contribution is 7.99. The average molecular weight is 252 g/mol. The van der Waals surface area contributed by atoms with Crippen LogP contribution in [-0.4, -0.2) is 52.7 Å². The zero-order chi connectivity index (χ0) is 11.9. The minimum atomic E-state index is 0.231. The lowest BCUT2D eigenvalue weighted by Crippen LogP contribution is -2.46. The van der Waals surface area contributed by atoms with Gasteiger partial charge in [0.15, 0.2) is 5.16 Å². The normalized spacial score (nSPS) is 15.9. The minimum Gasteiger partial charge on any atom is -0.340 e. The van der Waals surface area contributed by atoms with E-state index in [1.54, 1.807) is 18.5 Å². The number of hydrogen-bond donors (Lipinski definition) is 1. The number of rotatable bonds is 4. The predicted octanol–water partition coefficient (Wildman–Crippen LogP) is 0.391. The van der Waals surface area contributed by atoms with Crippen LogP contribution in [0.5, 0.6) is 0 Å². The van der Waals surface area contributed by atoms with Crippen LogP contribution in [0.4, 0.5) is 0 Å². The molecule has 6 heteroatoms. The molecule has 1 aliphatic heterocycles. The summed E-state index contributed by atoms with van der Waals surface area (Å²) in [5, 5.41) is 3.97. The van der Waals surface area contributed by atoms with E-state index in [1.165, 1.54) is 11.8 Å². The highest BCUT2D eigenvalue weighted by Crippen LogP contribution is 2.12. The number of carbonyl (C=O) groups is 1. The molecule has 92 valence electrons. The first-order chi connectivity index (χ1) is 8.36.